The van der Waals surface area contributed by atoms with Crippen LogP contribution in [0.15, 0.2) is 0 Å². The van der Waals surface area contributed by atoms with Crippen LogP contribution < -0.4 is 5.32 Å². The molecule has 0 spiro atoms. The Morgan fingerprint density at radius 2 is 2.00 bits per heavy atom. The first kappa shape index (κ1) is 13.8. The first-order chi connectivity index (χ1) is 8.66. The van der Waals surface area contributed by atoms with Crippen molar-refractivity contribution in [3.05, 3.63) is 10.4 Å². The van der Waals surface area contributed by atoms with Crippen molar-refractivity contribution in [3.8, 4) is 0 Å². The lowest BCUT2D eigenvalue weighted by atomic mass is 10.2. The van der Waals surface area contributed by atoms with E-state index in [-0.39, 0.29) is 10.4 Å². The maximum atomic E-state index is 5.87. The van der Waals surface area contributed by atoms with Crippen molar-refractivity contribution in [3.63, 3.8) is 0 Å². The summed E-state index contributed by atoms with van der Waals surface area (Å²) in [7, 11) is 2.16. The number of halogens is 2. The summed E-state index contributed by atoms with van der Waals surface area (Å²) < 4.78 is 0. The zero-order chi connectivity index (χ0) is 13.0. The molecule has 0 aliphatic heterocycles. The van der Waals surface area contributed by atoms with Crippen LogP contribution >= 0.6 is 23.2 Å². The van der Waals surface area contributed by atoms with Crippen LogP contribution in [0.3, 0.4) is 0 Å². The van der Waals surface area contributed by atoms with E-state index in [1.807, 2.05) is 0 Å². The standard InChI is InChI=1S/C11H17Cl2N5/c1-18(8-4-2-3-5-8)7-6-14-10-9(12)16-17-11(13)15-10/h8H,2-7H2,1H3,(H,14,15,17). The number of hydrogen-bond donors (Lipinski definition) is 1. The van der Waals surface area contributed by atoms with E-state index in [1.54, 1.807) is 0 Å². The fourth-order valence-corrected chi connectivity index (χ4v) is 2.55. The van der Waals surface area contributed by atoms with Crippen LogP contribution in [-0.2, 0) is 0 Å². The molecule has 0 unspecified atom stereocenters. The average Bonchev–Trinajstić information content (AvgIpc) is 2.87. The van der Waals surface area contributed by atoms with E-state index < -0.39 is 0 Å². The zero-order valence-electron chi connectivity index (χ0n) is 10.4. The molecule has 1 aromatic rings. The van der Waals surface area contributed by atoms with Crippen molar-refractivity contribution < 1.29 is 0 Å². The molecule has 100 valence electrons. The summed E-state index contributed by atoms with van der Waals surface area (Å²) in [5.74, 6) is 0.497. The minimum absolute atomic E-state index is 0.103. The van der Waals surface area contributed by atoms with E-state index in [4.69, 9.17) is 23.2 Å². The first-order valence-corrected chi connectivity index (χ1v) is 6.92. The number of aromatic nitrogens is 3. The fraction of sp³-hybridized carbons (Fsp3) is 0.727. The maximum absolute atomic E-state index is 5.87. The first-order valence-electron chi connectivity index (χ1n) is 6.16. The van der Waals surface area contributed by atoms with Crippen LogP contribution in [0, 0.1) is 0 Å². The highest BCUT2D eigenvalue weighted by Gasteiger charge is 2.18. The number of rotatable bonds is 5. The lowest BCUT2D eigenvalue weighted by Gasteiger charge is -2.24. The van der Waals surface area contributed by atoms with Gasteiger partial charge in [-0.2, -0.15) is 4.98 Å². The van der Waals surface area contributed by atoms with Crippen LogP contribution in [0.25, 0.3) is 0 Å². The van der Waals surface area contributed by atoms with Crippen LogP contribution in [0.4, 0.5) is 5.82 Å². The minimum atomic E-state index is 0.103. The van der Waals surface area contributed by atoms with Gasteiger partial charge in [-0.15, -0.1) is 10.2 Å². The quantitative estimate of drug-likeness (QED) is 0.902. The third kappa shape index (κ3) is 3.67. The monoisotopic (exact) mass is 289 g/mol. The predicted octanol–water partition coefficient (Wildman–Crippen LogP) is 2.46. The highest BCUT2D eigenvalue weighted by atomic mass is 35.5. The summed E-state index contributed by atoms with van der Waals surface area (Å²) in [5, 5.41) is 10.8. The van der Waals surface area contributed by atoms with Gasteiger partial charge in [0.15, 0.2) is 11.0 Å². The molecule has 1 heterocycles. The number of nitrogens with zero attached hydrogens (tertiary/aromatic N) is 4. The SMILES string of the molecule is CN(CCNc1nc(Cl)nnc1Cl)C1CCCC1. The Bertz CT molecular complexity index is 395. The molecule has 0 aromatic carbocycles. The molecule has 1 fully saturated rings. The van der Waals surface area contributed by atoms with E-state index in [0.29, 0.717) is 5.82 Å². The molecule has 0 radical (unpaired) electrons. The van der Waals surface area contributed by atoms with Crippen molar-refractivity contribution in [1.82, 2.24) is 20.1 Å². The van der Waals surface area contributed by atoms with Gasteiger partial charge >= 0.3 is 0 Å². The lowest BCUT2D eigenvalue weighted by molar-refractivity contribution is 0.254. The third-order valence-corrected chi connectivity index (χ3v) is 3.74. The Morgan fingerprint density at radius 1 is 1.28 bits per heavy atom. The van der Waals surface area contributed by atoms with Crippen molar-refractivity contribution in [2.45, 2.75) is 31.7 Å². The highest BCUT2D eigenvalue weighted by Crippen LogP contribution is 2.22. The van der Waals surface area contributed by atoms with Gasteiger partial charge in [-0.3, -0.25) is 0 Å². The van der Waals surface area contributed by atoms with Gasteiger partial charge in [0.1, 0.15) is 0 Å². The summed E-state index contributed by atoms with van der Waals surface area (Å²) in [5.41, 5.74) is 0. The van der Waals surface area contributed by atoms with Crippen molar-refractivity contribution in [2.24, 2.45) is 0 Å². The molecular formula is C11H17Cl2N5. The summed E-state index contributed by atoms with van der Waals surface area (Å²) in [6, 6.07) is 0.717. The smallest absolute Gasteiger partial charge is 0.245 e. The molecule has 2 rings (SSSR count). The molecule has 0 bridgehead atoms. The molecule has 0 amide bonds. The van der Waals surface area contributed by atoms with E-state index in [1.165, 1.54) is 25.7 Å². The van der Waals surface area contributed by atoms with Crippen LogP contribution in [-0.4, -0.2) is 46.3 Å². The Hall–Kier alpha value is -0.650. The molecular weight excluding hydrogens is 273 g/mol. The number of nitrogens with one attached hydrogen (secondary N) is 1. The van der Waals surface area contributed by atoms with Gasteiger partial charge in [0.2, 0.25) is 5.28 Å². The van der Waals surface area contributed by atoms with Gasteiger partial charge in [-0.1, -0.05) is 24.4 Å². The number of anilines is 1. The zero-order valence-corrected chi connectivity index (χ0v) is 11.9. The minimum Gasteiger partial charge on any atom is -0.366 e. The largest absolute Gasteiger partial charge is 0.366 e. The van der Waals surface area contributed by atoms with E-state index in [2.05, 4.69) is 32.4 Å². The lowest BCUT2D eigenvalue weighted by Crippen LogP contribution is -2.33. The second-order valence-electron chi connectivity index (χ2n) is 4.57. The molecule has 1 aromatic heterocycles. The molecule has 7 heteroatoms. The molecule has 1 aliphatic rings. The number of hydrogen-bond acceptors (Lipinski definition) is 5. The summed E-state index contributed by atoms with van der Waals surface area (Å²) in [6.45, 7) is 1.71. The van der Waals surface area contributed by atoms with Crippen LogP contribution in [0.5, 0.6) is 0 Å². The maximum Gasteiger partial charge on any atom is 0.245 e. The Labute approximate surface area is 117 Å². The average molecular weight is 290 g/mol. The summed E-state index contributed by atoms with van der Waals surface area (Å²) in [6.07, 6.45) is 5.30. The molecule has 1 N–H and O–H groups in total. The third-order valence-electron chi connectivity index (χ3n) is 3.32. The molecule has 5 nitrogen and oxygen atoms in total. The van der Waals surface area contributed by atoms with Gasteiger partial charge in [-0.25, -0.2) is 0 Å². The molecule has 18 heavy (non-hydrogen) atoms. The topological polar surface area (TPSA) is 53.9 Å². The second kappa shape index (κ2) is 6.50. The van der Waals surface area contributed by atoms with Gasteiger partial charge in [0, 0.05) is 19.1 Å². The molecule has 0 saturated heterocycles. The fourth-order valence-electron chi connectivity index (χ4n) is 2.28. The summed E-state index contributed by atoms with van der Waals surface area (Å²) in [4.78, 5) is 6.38. The predicted molar refractivity (Wildman–Crippen MR) is 73.2 cm³/mol. The van der Waals surface area contributed by atoms with E-state index in [9.17, 15) is 0 Å². The van der Waals surface area contributed by atoms with E-state index >= 15 is 0 Å². The highest BCUT2D eigenvalue weighted by molar-refractivity contribution is 6.32. The van der Waals surface area contributed by atoms with E-state index in [0.717, 1.165) is 19.1 Å². The van der Waals surface area contributed by atoms with Gasteiger partial charge < -0.3 is 10.2 Å². The molecule has 1 saturated carbocycles. The van der Waals surface area contributed by atoms with Gasteiger partial charge in [0.05, 0.1) is 0 Å². The molecule has 1 aliphatic carbocycles. The van der Waals surface area contributed by atoms with Crippen LogP contribution in [0.1, 0.15) is 25.7 Å². The summed E-state index contributed by atoms with van der Waals surface area (Å²) >= 11 is 11.5. The second-order valence-corrected chi connectivity index (χ2v) is 5.26. The van der Waals surface area contributed by atoms with Crippen molar-refractivity contribution in [2.75, 3.05) is 25.5 Å². The Morgan fingerprint density at radius 3 is 2.72 bits per heavy atom. The van der Waals surface area contributed by atoms with Crippen molar-refractivity contribution >= 4 is 29.0 Å². The van der Waals surface area contributed by atoms with Gasteiger partial charge in [0.25, 0.3) is 0 Å². The Kier molecular flexibility index (Phi) is 4.97. The normalized spacial score (nSPS) is 16.4. The molecule has 0 atom stereocenters. The van der Waals surface area contributed by atoms with Crippen molar-refractivity contribution in [1.29, 1.82) is 0 Å². The van der Waals surface area contributed by atoms with Gasteiger partial charge in [-0.05, 0) is 31.5 Å². The Balaban J connectivity index is 1.79. The number of likely N-dealkylation sites (N-methyl/N-ethyl adjacent to an activating group) is 1. The van der Waals surface area contributed by atoms with Crippen LogP contribution in [0.2, 0.25) is 10.4 Å².